The van der Waals surface area contributed by atoms with Crippen LogP contribution in [0.5, 0.6) is 0 Å². The van der Waals surface area contributed by atoms with Crippen molar-refractivity contribution in [3.05, 3.63) is 35.4 Å². The molecular weight excluding hydrogens is 236 g/mol. The van der Waals surface area contributed by atoms with Gasteiger partial charge in [0.1, 0.15) is 6.10 Å². The number of carbonyl (C=O) groups excluding carboxylic acids is 1. The van der Waals surface area contributed by atoms with Crippen molar-refractivity contribution < 1.29 is 24.9 Å². The number of aliphatic hydroxyl groups is 3. The lowest BCUT2D eigenvalue weighted by Crippen LogP contribution is -2.29. The summed E-state index contributed by atoms with van der Waals surface area (Å²) in [6, 6.07) is 6.94. The van der Waals surface area contributed by atoms with E-state index >= 15 is 0 Å². The van der Waals surface area contributed by atoms with Crippen molar-refractivity contribution in [1.82, 2.24) is 0 Å². The zero-order valence-corrected chi connectivity index (χ0v) is 10.2. The Hall–Kier alpha value is -1.43. The molecule has 0 aliphatic carbocycles. The molecule has 2 unspecified atom stereocenters. The number of methoxy groups -OCH3 is 1. The largest absolute Gasteiger partial charge is 0.467 e. The highest BCUT2D eigenvalue weighted by Gasteiger charge is 2.27. The Morgan fingerprint density at radius 1 is 1.33 bits per heavy atom. The molecule has 1 rings (SSSR count). The van der Waals surface area contributed by atoms with Crippen LogP contribution < -0.4 is 0 Å². The predicted octanol–water partition coefficient (Wildman–Crippen LogP) is 0.179. The maximum atomic E-state index is 11.2. The maximum absolute atomic E-state index is 11.2. The minimum absolute atomic E-state index is 0.0456. The molecule has 0 saturated heterocycles. The van der Waals surface area contributed by atoms with Crippen molar-refractivity contribution in [3.8, 4) is 0 Å². The number of ether oxygens (including phenoxy) is 1. The molecule has 0 amide bonds. The van der Waals surface area contributed by atoms with E-state index in [0.29, 0.717) is 18.4 Å². The lowest BCUT2D eigenvalue weighted by molar-refractivity contribution is -0.156. The average molecular weight is 254 g/mol. The molecule has 0 spiro atoms. The second-order valence-electron chi connectivity index (χ2n) is 3.94. The van der Waals surface area contributed by atoms with Crippen molar-refractivity contribution in [1.29, 1.82) is 0 Å². The first-order valence-corrected chi connectivity index (χ1v) is 5.74. The fraction of sp³-hybridized carbons (Fsp3) is 0.462. The number of aryl methyl sites for hydroxylation is 1. The molecule has 0 aliphatic heterocycles. The zero-order valence-electron chi connectivity index (χ0n) is 10.2. The van der Waals surface area contributed by atoms with Gasteiger partial charge >= 0.3 is 5.97 Å². The minimum Gasteiger partial charge on any atom is -0.467 e. The van der Waals surface area contributed by atoms with Gasteiger partial charge in [0, 0.05) is 6.61 Å². The lowest BCUT2D eigenvalue weighted by atomic mass is 9.96. The van der Waals surface area contributed by atoms with Gasteiger partial charge < -0.3 is 20.1 Å². The molecular formula is C13H18O5. The Morgan fingerprint density at radius 2 is 2.00 bits per heavy atom. The molecule has 1 aromatic rings. The summed E-state index contributed by atoms with van der Waals surface area (Å²) in [4.78, 5) is 11.2. The number of carbonyl (C=O) groups is 1. The fourth-order valence-corrected chi connectivity index (χ4v) is 1.74. The van der Waals surface area contributed by atoms with E-state index in [1.807, 2.05) is 0 Å². The van der Waals surface area contributed by atoms with Gasteiger partial charge in [-0.2, -0.15) is 0 Å². The van der Waals surface area contributed by atoms with E-state index in [0.717, 1.165) is 12.7 Å². The molecule has 3 N–H and O–H groups in total. The molecule has 100 valence electrons. The van der Waals surface area contributed by atoms with Crippen molar-refractivity contribution in [2.24, 2.45) is 0 Å². The average Bonchev–Trinajstić information content (AvgIpc) is 2.42. The monoisotopic (exact) mass is 254 g/mol. The molecule has 0 radical (unpaired) electrons. The summed E-state index contributed by atoms with van der Waals surface area (Å²) in [5.41, 5.74) is 1.27. The summed E-state index contributed by atoms with van der Waals surface area (Å²) in [5.74, 6) is -0.875. The van der Waals surface area contributed by atoms with Crippen molar-refractivity contribution in [2.75, 3.05) is 13.7 Å². The van der Waals surface area contributed by atoms with Crippen LogP contribution in [-0.4, -0.2) is 41.1 Å². The summed E-state index contributed by atoms with van der Waals surface area (Å²) < 4.78 is 4.39. The Labute approximate surface area is 106 Å². The summed E-state index contributed by atoms with van der Waals surface area (Å²) in [5, 5.41) is 28.4. The van der Waals surface area contributed by atoms with Crippen molar-refractivity contribution >= 4 is 5.97 Å². The second kappa shape index (κ2) is 7.10. The third-order valence-electron chi connectivity index (χ3n) is 2.72. The van der Waals surface area contributed by atoms with Gasteiger partial charge in [-0.1, -0.05) is 24.3 Å². The summed E-state index contributed by atoms with van der Waals surface area (Å²) in [7, 11) is 1.15. The molecule has 0 aromatic heterocycles. The first-order chi connectivity index (χ1) is 8.61. The number of esters is 1. The van der Waals surface area contributed by atoms with Crippen LogP contribution in [0, 0.1) is 0 Å². The molecule has 0 heterocycles. The first-order valence-electron chi connectivity index (χ1n) is 5.74. The molecule has 0 bridgehead atoms. The van der Waals surface area contributed by atoms with Gasteiger partial charge in [0.2, 0.25) is 0 Å². The quantitative estimate of drug-likeness (QED) is 0.630. The van der Waals surface area contributed by atoms with Crippen molar-refractivity contribution in [3.63, 3.8) is 0 Å². The molecule has 18 heavy (non-hydrogen) atoms. The van der Waals surface area contributed by atoms with Crippen LogP contribution in [0.1, 0.15) is 23.7 Å². The van der Waals surface area contributed by atoms with Gasteiger partial charge in [0.15, 0.2) is 6.10 Å². The van der Waals surface area contributed by atoms with E-state index in [1.165, 1.54) is 0 Å². The lowest BCUT2D eigenvalue weighted by Gasteiger charge is -2.19. The van der Waals surface area contributed by atoms with Crippen LogP contribution in [-0.2, 0) is 16.0 Å². The third-order valence-corrected chi connectivity index (χ3v) is 2.72. The predicted molar refractivity (Wildman–Crippen MR) is 64.8 cm³/mol. The van der Waals surface area contributed by atoms with Crippen LogP contribution in [0.25, 0.3) is 0 Å². The Balaban J connectivity index is 2.90. The highest BCUT2D eigenvalue weighted by atomic mass is 16.5. The molecule has 5 nitrogen and oxygen atoms in total. The standard InChI is InChI=1S/C13H18O5/c1-18-13(17)12(16)11(15)10-7-3-2-5-9(10)6-4-8-14/h2-3,5,7,11-12,14-16H,4,6,8H2,1H3. The van der Waals surface area contributed by atoms with E-state index in [4.69, 9.17) is 5.11 Å². The number of aliphatic hydroxyl groups excluding tert-OH is 3. The maximum Gasteiger partial charge on any atom is 0.337 e. The van der Waals surface area contributed by atoms with E-state index in [1.54, 1.807) is 24.3 Å². The fourth-order valence-electron chi connectivity index (χ4n) is 1.74. The van der Waals surface area contributed by atoms with E-state index < -0.39 is 18.2 Å². The smallest absolute Gasteiger partial charge is 0.337 e. The third kappa shape index (κ3) is 3.53. The van der Waals surface area contributed by atoms with E-state index in [9.17, 15) is 15.0 Å². The number of hydrogen-bond donors (Lipinski definition) is 3. The molecule has 1 aromatic carbocycles. The van der Waals surface area contributed by atoms with E-state index in [2.05, 4.69) is 4.74 Å². The van der Waals surface area contributed by atoms with Gasteiger partial charge in [0.05, 0.1) is 7.11 Å². The van der Waals surface area contributed by atoms with Gasteiger partial charge in [-0.25, -0.2) is 4.79 Å². The molecule has 5 heteroatoms. The topological polar surface area (TPSA) is 87.0 Å². The number of benzene rings is 1. The van der Waals surface area contributed by atoms with Gasteiger partial charge in [-0.05, 0) is 24.0 Å². The summed E-state index contributed by atoms with van der Waals surface area (Å²) in [6.45, 7) is 0.0456. The van der Waals surface area contributed by atoms with Crippen molar-refractivity contribution in [2.45, 2.75) is 25.0 Å². The van der Waals surface area contributed by atoms with Gasteiger partial charge in [-0.3, -0.25) is 0 Å². The molecule has 0 fully saturated rings. The van der Waals surface area contributed by atoms with Crippen LogP contribution >= 0.6 is 0 Å². The molecule has 2 atom stereocenters. The van der Waals surface area contributed by atoms with Gasteiger partial charge in [-0.15, -0.1) is 0 Å². The molecule has 0 saturated carbocycles. The zero-order chi connectivity index (χ0) is 13.5. The van der Waals surface area contributed by atoms with Crippen LogP contribution in [0.15, 0.2) is 24.3 Å². The van der Waals surface area contributed by atoms with Crippen LogP contribution in [0.3, 0.4) is 0 Å². The first kappa shape index (κ1) is 14.6. The Bertz CT molecular complexity index is 391. The highest BCUT2D eigenvalue weighted by molar-refractivity contribution is 5.75. The second-order valence-corrected chi connectivity index (χ2v) is 3.94. The molecule has 0 aliphatic rings. The Kier molecular flexibility index (Phi) is 5.77. The summed E-state index contributed by atoms with van der Waals surface area (Å²) >= 11 is 0. The SMILES string of the molecule is COC(=O)C(O)C(O)c1ccccc1CCCO. The van der Waals surface area contributed by atoms with Gasteiger partial charge in [0.25, 0.3) is 0 Å². The minimum atomic E-state index is -1.61. The Morgan fingerprint density at radius 3 is 2.61 bits per heavy atom. The highest BCUT2D eigenvalue weighted by Crippen LogP contribution is 2.22. The van der Waals surface area contributed by atoms with Crippen LogP contribution in [0.2, 0.25) is 0 Å². The number of rotatable bonds is 6. The van der Waals surface area contributed by atoms with E-state index in [-0.39, 0.29) is 6.61 Å². The van der Waals surface area contributed by atoms with Crippen LogP contribution in [0.4, 0.5) is 0 Å². The number of hydrogen-bond acceptors (Lipinski definition) is 5. The normalized spacial score (nSPS) is 14.0. The summed E-state index contributed by atoms with van der Waals surface area (Å²) in [6.07, 6.45) is -1.81.